The molecule has 0 radical (unpaired) electrons. The molecule has 1 spiro atoms. The van der Waals surface area contributed by atoms with Crippen molar-refractivity contribution in [2.75, 3.05) is 39.4 Å². The Hall–Kier alpha value is -0.810. The number of piperidine rings is 1. The van der Waals surface area contributed by atoms with Gasteiger partial charge < -0.3 is 19.7 Å². The van der Waals surface area contributed by atoms with E-state index in [1.54, 1.807) is 0 Å². The summed E-state index contributed by atoms with van der Waals surface area (Å²) in [5, 5.41) is 3.50. The molecule has 3 saturated heterocycles. The van der Waals surface area contributed by atoms with Gasteiger partial charge in [0.2, 0.25) is 0 Å². The van der Waals surface area contributed by atoms with Crippen LogP contribution in [0, 0.1) is 17.3 Å². The van der Waals surface area contributed by atoms with Gasteiger partial charge in [0, 0.05) is 44.1 Å². The number of nitrogens with one attached hydrogen (secondary N) is 1. The number of amides is 1. The Morgan fingerprint density at radius 2 is 2.10 bits per heavy atom. The van der Waals surface area contributed by atoms with E-state index in [0.717, 1.165) is 45.8 Å². The average molecular weight is 282 g/mol. The lowest BCUT2D eigenvalue weighted by Gasteiger charge is -2.48. The Morgan fingerprint density at radius 1 is 1.35 bits per heavy atom. The van der Waals surface area contributed by atoms with Crippen LogP contribution in [0.3, 0.4) is 0 Å². The molecule has 3 unspecified atom stereocenters. The molecule has 3 aliphatic rings. The lowest BCUT2D eigenvalue weighted by atomic mass is 9.63. The quantitative estimate of drug-likeness (QED) is 0.731. The Balaban J connectivity index is 1.74. The van der Waals surface area contributed by atoms with Crippen molar-refractivity contribution in [3.8, 4) is 0 Å². The molecule has 0 aromatic heterocycles. The molecule has 0 aliphatic carbocycles. The van der Waals surface area contributed by atoms with Crippen LogP contribution in [-0.2, 0) is 9.47 Å². The Bertz CT molecular complexity index is 391. The SMILES string of the molecule is CC(C)(C)OC(=O)N1CC2CNCC3COCCC32C1. The third kappa shape index (κ3) is 2.42. The molecule has 20 heavy (non-hydrogen) atoms. The Kier molecular flexibility index (Phi) is 3.45. The molecule has 1 amide bonds. The predicted molar refractivity (Wildman–Crippen MR) is 75.5 cm³/mol. The van der Waals surface area contributed by atoms with Crippen LogP contribution in [-0.4, -0.2) is 56.0 Å². The number of carbonyl (C=O) groups is 1. The van der Waals surface area contributed by atoms with E-state index in [1.165, 1.54) is 0 Å². The fourth-order valence-electron chi connectivity index (χ4n) is 4.03. The molecule has 0 saturated carbocycles. The zero-order valence-corrected chi connectivity index (χ0v) is 12.8. The van der Waals surface area contributed by atoms with Crippen LogP contribution < -0.4 is 5.32 Å². The number of likely N-dealkylation sites (tertiary alicyclic amines) is 1. The van der Waals surface area contributed by atoms with Crippen LogP contribution in [0.4, 0.5) is 4.79 Å². The number of ether oxygens (including phenoxy) is 2. The highest BCUT2D eigenvalue weighted by molar-refractivity contribution is 5.68. The minimum Gasteiger partial charge on any atom is -0.444 e. The van der Waals surface area contributed by atoms with Crippen molar-refractivity contribution in [3.05, 3.63) is 0 Å². The molecule has 3 heterocycles. The average Bonchev–Trinajstić information content (AvgIpc) is 2.74. The molecule has 0 aromatic carbocycles. The monoisotopic (exact) mass is 282 g/mol. The van der Waals surface area contributed by atoms with Crippen LogP contribution in [0.2, 0.25) is 0 Å². The smallest absolute Gasteiger partial charge is 0.410 e. The Morgan fingerprint density at radius 3 is 2.85 bits per heavy atom. The highest BCUT2D eigenvalue weighted by Gasteiger charge is 2.55. The topological polar surface area (TPSA) is 50.8 Å². The molecule has 3 fully saturated rings. The number of rotatable bonds is 0. The minimum atomic E-state index is -0.421. The number of hydrogen-bond donors (Lipinski definition) is 1. The first kappa shape index (κ1) is 14.1. The molecule has 3 rings (SSSR count). The molecule has 5 nitrogen and oxygen atoms in total. The van der Waals surface area contributed by atoms with E-state index in [2.05, 4.69) is 5.32 Å². The molecule has 0 bridgehead atoms. The van der Waals surface area contributed by atoms with E-state index in [1.807, 2.05) is 25.7 Å². The van der Waals surface area contributed by atoms with Crippen LogP contribution in [0.25, 0.3) is 0 Å². The van der Waals surface area contributed by atoms with Crippen molar-refractivity contribution >= 4 is 6.09 Å². The first-order valence-electron chi connectivity index (χ1n) is 7.67. The van der Waals surface area contributed by atoms with E-state index in [9.17, 15) is 4.79 Å². The fraction of sp³-hybridized carbons (Fsp3) is 0.933. The van der Waals surface area contributed by atoms with E-state index in [0.29, 0.717) is 11.8 Å². The number of carbonyl (C=O) groups excluding carboxylic acids is 1. The van der Waals surface area contributed by atoms with Crippen LogP contribution in [0.1, 0.15) is 27.2 Å². The van der Waals surface area contributed by atoms with Gasteiger partial charge in [-0.2, -0.15) is 0 Å². The van der Waals surface area contributed by atoms with Crippen molar-refractivity contribution in [2.24, 2.45) is 17.3 Å². The summed E-state index contributed by atoms with van der Waals surface area (Å²) in [5.41, 5.74) is -0.170. The first-order chi connectivity index (χ1) is 9.41. The summed E-state index contributed by atoms with van der Waals surface area (Å²) in [5.74, 6) is 1.07. The molecule has 0 aromatic rings. The number of nitrogens with zero attached hydrogens (tertiary/aromatic N) is 1. The van der Waals surface area contributed by atoms with E-state index in [-0.39, 0.29) is 11.5 Å². The lowest BCUT2D eigenvalue weighted by Crippen LogP contribution is -2.55. The van der Waals surface area contributed by atoms with Crippen molar-refractivity contribution in [3.63, 3.8) is 0 Å². The maximum absolute atomic E-state index is 12.3. The molecule has 5 heteroatoms. The second-order valence-electron chi connectivity index (χ2n) is 7.47. The first-order valence-corrected chi connectivity index (χ1v) is 7.67. The minimum absolute atomic E-state index is 0.161. The fourth-order valence-corrected chi connectivity index (χ4v) is 4.03. The summed E-state index contributed by atoms with van der Waals surface area (Å²) >= 11 is 0. The van der Waals surface area contributed by atoms with Gasteiger partial charge in [0.05, 0.1) is 6.61 Å². The highest BCUT2D eigenvalue weighted by Crippen LogP contribution is 2.49. The van der Waals surface area contributed by atoms with Gasteiger partial charge in [-0.3, -0.25) is 0 Å². The van der Waals surface area contributed by atoms with Gasteiger partial charge in [0.1, 0.15) is 5.60 Å². The normalized spacial score (nSPS) is 37.2. The van der Waals surface area contributed by atoms with E-state index >= 15 is 0 Å². The van der Waals surface area contributed by atoms with Gasteiger partial charge in [-0.05, 0) is 33.1 Å². The van der Waals surface area contributed by atoms with Gasteiger partial charge in [0.15, 0.2) is 0 Å². The predicted octanol–water partition coefficient (Wildman–Crippen LogP) is 1.48. The maximum Gasteiger partial charge on any atom is 0.410 e. The van der Waals surface area contributed by atoms with Crippen molar-refractivity contribution in [1.29, 1.82) is 0 Å². The molecule has 114 valence electrons. The summed E-state index contributed by atoms with van der Waals surface area (Å²) in [6.45, 7) is 11.1. The third-order valence-corrected chi connectivity index (χ3v) is 5.02. The summed E-state index contributed by atoms with van der Waals surface area (Å²) in [4.78, 5) is 14.2. The van der Waals surface area contributed by atoms with Crippen molar-refractivity contribution in [1.82, 2.24) is 10.2 Å². The summed E-state index contributed by atoms with van der Waals surface area (Å²) in [6, 6.07) is 0. The van der Waals surface area contributed by atoms with Gasteiger partial charge in [-0.15, -0.1) is 0 Å². The zero-order chi connectivity index (χ0) is 14.4. The van der Waals surface area contributed by atoms with Crippen LogP contribution in [0.5, 0.6) is 0 Å². The third-order valence-electron chi connectivity index (χ3n) is 5.02. The van der Waals surface area contributed by atoms with Crippen LogP contribution in [0.15, 0.2) is 0 Å². The molecular weight excluding hydrogens is 256 g/mol. The summed E-state index contributed by atoms with van der Waals surface area (Å²) in [7, 11) is 0. The lowest BCUT2D eigenvalue weighted by molar-refractivity contribution is -0.0694. The summed E-state index contributed by atoms with van der Waals surface area (Å²) < 4.78 is 11.2. The van der Waals surface area contributed by atoms with Gasteiger partial charge >= 0.3 is 6.09 Å². The molecule has 1 N–H and O–H groups in total. The number of hydrogen-bond acceptors (Lipinski definition) is 4. The van der Waals surface area contributed by atoms with Gasteiger partial charge in [-0.1, -0.05) is 0 Å². The largest absolute Gasteiger partial charge is 0.444 e. The van der Waals surface area contributed by atoms with Gasteiger partial charge in [0.25, 0.3) is 0 Å². The second-order valence-corrected chi connectivity index (χ2v) is 7.47. The molecular formula is C15H26N2O3. The van der Waals surface area contributed by atoms with Crippen molar-refractivity contribution in [2.45, 2.75) is 32.8 Å². The highest BCUT2D eigenvalue weighted by atomic mass is 16.6. The zero-order valence-electron chi connectivity index (χ0n) is 12.8. The van der Waals surface area contributed by atoms with Gasteiger partial charge in [-0.25, -0.2) is 4.79 Å². The van der Waals surface area contributed by atoms with E-state index in [4.69, 9.17) is 9.47 Å². The van der Waals surface area contributed by atoms with Crippen molar-refractivity contribution < 1.29 is 14.3 Å². The maximum atomic E-state index is 12.3. The van der Waals surface area contributed by atoms with E-state index < -0.39 is 5.60 Å². The Labute approximate surface area is 121 Å². The van der Waals surface area contributed by atoms with Crippen LogP contribution >= 0.6 is 0 Å². The second kappa shape index (κ2) is 4.88. The summed E-state index contributed by atoms with van der Waals surface area (Å²) in [6.07, 6.45) is 0.912. The molecule has 3 aliphatic heterocycles. The standard InChI is InChI=1S/C15H26N2O3/c1-14(2,3)20-13(18)17-8-11-6-16-7-12-9-19-5-4-15(11,12)10-17/h11-12,16H,4-10H2,1-3H3. The molecule has 3 atom stereocenters.